The molecule has 1 aliphatic carbocycles. The maximum atomic E-state index is 13.0. The molecular weight excluding hydrogens is 318 g/mol. The lowest BCUT2D eigenvalue weighted by Gasteiger charge is -2.16. The molecule has 5 heteroatoms. The summed E-state index contributed by atoms with van der Waals surface area (Å²) in [5.74, 6) is -0.891. The molecule has 2 aromatic rings. The van der Waals surface area contributed by atoms with Crippen LogP contribution in [-0.4, -0.2) is 29.1 Å². The van der Waals surface area contributed by atoms with Crippen molar-refractivity contribution in [3.05, 3.63) is 41.1 Å². The van der Waals surface area contributed by atoms with Crippen molar-refractivity contribution in [1.82, 2.24) is 4.98 Å². The summed E-state index contributed by atoms with van der Waals surface area (Å²) < 4.78 is 10.7. The van der Waals surface area contributed by atoms with Crippen LogP contribution in [0.3, 0.4) is 0 Å². The van der Waals surface area contributed by atoms with E-state index in [9.17, 15) is 9.59 Å². The number of hydrogen-bond acceptors (Lipinski definition) is 5. The minimum atomic E-state index is -0.809. The number of aryl methyl sites for hydroxylation is 1. The van der Waals surface area contributed by atoms with Crippen LogP contribution in [0.2, 0.25) is 0 Å². The Hall–Kier alpha value is -2.43. The third-order valence-corrected chi connectivity index (χ3v) is 5.00. The van der Waals surface area contributed by atoms with Crippen molar-refractivity contribution in [2.45, 2.75) is 57.7 Å². The summed E-state index contributed by atoms with van der Waals surface area (Å²) in [6, 6.07) is 7.64. The minimum Gasteiger partial charge on any atom is -0.460 e. The molecule has 5 nitrogen and oxygen atoms in total. The molecule has 1 aromatic carbocycles. The van der Waals surface area contributed by atoms with Gasteiger partial charge in [-0.1, -0.05) is 24.6 Å². The second-order valence-electron chi connectivity index (χ2n) is 6.87. The summed E-state index contributed by atoms with van der Waals surface area (Å²) in [5.41, 5.74) is 3.36. The Bertz CT molecular complexity index is 845. The molecule has 0 bridgehead atoms. The van der Waals surface area contributed by atoms with Crippen LogP contribution in [0.1, 0.15) is 54.2 Å². The summed E-state index contributed by atoms with van der Waals surface area (Å²) >= 11 is 0. The first-order valence-corrected chi connectivity index (χ1v) is 8.95. The Labute approximate surface area is 146 Å². The van der Waals surface area contributed by atoms with Gasteiger partial charge >= 0.3 is 11.9 Å². The van der Waals surface area contributed by atoms with E-state index in [1.165, 1.54) is 0 Å². The second kappa shape index (κ2) is 6.47. The van der Waals surface area contributed by atoms with Crippen LogP contribution in [0.15, 0.2) is 24.3 Å². The number of nitrogens with zero attached hydrogens (tertiary/aromatic N) is 1. The monoisotopic (exact) mass is 339 g/mol. The van der Waals surface area contributed by atoms with Gasteiger partial charge in [-0.25, -0.2) is 9.59 Å². The number of ether oxygens (including phenoxy) is 2. The number of benzene rings is 1. The first-order chi connectivity index (χ1) is 12.1. The van der Waals surface area contributed by atoms with Gasteiger partial charge in [-0.2, -0.15) is 0 Å². The van der Waals surface area contributed by atoms with Crippen LogP contribution in [0.4, 0.5) is 0 Å². The topological polar surface area (TPSA) is 65.5 Å². The van der Waals surface area contributed by atoms with E-state index in [2.05, 4.69) is 0 Å². The van der Waals surface area contributed by atoms with Crippen LogP contribution >= 0.6 is 0 Å². The van der Waals surface area contributed by atoms with Gasteiger partial charge in [0, 0.05) is 17.5 Å². The molecule has 2 atom stereocenters. The van der Waals surface area contributed by atoms with E-state index in [1.807, 2.05) is 24.3 Å². The Balaban J connectivity index is 1.78. The van der Waals surface area contributed by atoms with Crippen molar-refractivity contribution >= 4 is 22.8 Å². The van der Waals surface area contributed by atoms with E-state index in [0.717, 1.165) is 54.3 Å². The van der Waals surface area contributed by atoms with Gasteiger partial charge in [-0.05, 0) is 44.2 Å². The van der Waals surface area contributed by atoms with Crippen LogP contribution in [0, 0.1) is 0 Å². The fourth-order valence-corrected chi connectivity index (χ4v) is 3.79. The zero-order valence-corrected chi connectivity index (χ0v) is 14.3. The fraction of sp³-hybridized carbons (Fsp3) is 0.450. The standard InChI is InChI=1S/C20H21NO4/c1-12-11-17(19(22)24-12)25-20(23)18-13-7-3-2-4-9-15(13)21-16-10-6-5-8-14(16)18/h5-6,8,10,12,17H,2-4,7,9,11H2,1H3. The molecule has 1 aliphatic heterocycles. The van der Waals surface area contributed by atoms with Crippen molar-refractivity contribution < 1.29 is 19.1 Å². The highest BCUT2D eigenvalue weighted by atomic mass is 16.6. The normalized spacial score (nSPS) is 23.0. The molecule has 1 fully saturated rings. The molecule has 0 saturated carbocycles. The number of carbonyl (C=O) groups is 2. The molecule has 25 heavy (non-hydrogen) atoms. The predicted octanol–water partition coefficient (Wildman–Crippen LogP) is 3.36. The number of hydrogen-bond donors (Lipinski definition) is 0. The lowest BCUT2D eigenvalue weighted by molar-refractivity contribution is -0.147. The number of rotatable bonds is 2. The van der Waals surface area contributed by atoms with Gasteiger partial charge in [-0.15, -0.1) is 0 Å². The summed E-state index contributed by atoms with van der Waals surface area (Å²) in [4.78, 5) is 29.6. The average molecular weight is 339 g/mol. The average Bonchev–Trinajstić information content (AvgIpc) is 2.78. The minimum absolute atomic E-state index is 0.211. The Kier molecular flexibility index (Phi) is 4.15. The van der Waals surface area contributed by atoms with E-state index < -0.39 is 18.0 Å². The van der Waals surface area contributed by atoms with Gasteiger partial charge < -0.3 is 9.47 Å². The Morgan fingerprint density at radius 3 is 2.80 bits per heavy atom. The Morgan fingerprint density at radius 1 is 1.20 bits per heavy atom. The molecule has 4 rings (SSSR count). The molecule has 0 spiro atoms. The molecule has 2 unspecified atom stereocenters. The summed E-state index contributed by atoms with van der Waals surface area (Å²) in [7, 11) is 0. The van der Waals surface area contributed by atoms with Crippen molar-refractivity contribution in [2.24, 2.45) is 0 Å². The number of aromatic nitrogens is 1. The highest BCUT2D eigenvalue weighted by Crippen LogP contribution is 2.30. The van der Waals surface area contributed by atoms with Gasteiger partial charge in [-0.3, -0.25) is 4.98 Å². The van der Waals surface area contributed by atoms with E-state index in [4.69, 9.17) is 14.5 Å². The van der Waals surface area contributed by atoms with Gasteiger partial charge in [0.05, 0.1) is 11.1 Å². The number of cyclic esters (lactones) is 1. The maximum Gasteiger partial charge on any atom is 0.347 e. The molecule has 1 saturated heterocycles. The first-order valence-electron chi connectivity index (χ1n) is 8.95. The van der Waals surface area contributed by atoms with Gasteiger partial charge in [0.2, 0.25) is 6.10 Å². The quantitative estimate of drug-likeness (QED) is 0.620. The third-order valence-electron chi connectivity index (χ3n) is 5.00. The van der Waals surface area contributed by atoms with Crippen LogP contribution < -0.4 is 0 Å². The van der Waals surface area contributed by atoms with Crippen LogP contribution in [-0.2, 0) is 27.1 Å². The smallest absolute Gasteiger partial charge is 0.347 e. The van der Waals surface area contributed by atoms with E-state index in [-0.39, 0.29) is 6.10 Å². The second-order valence-corrected chi connectivity index (χ2v) is 6.87. The van der Waals surface area contributed by atoms with E-state index >= 15 is 0 Å². The number of fused-ring (bicyclic) bond motifs is 2. The first kappa shape index (κ1) is 16.1. The van der Waals surface area contributed by atoms with E-state index in [1.54, 1.807) is 6.92 Å². The van der Waals surface area contributed by atoms with Crippen molar-refractivity contribution in [2.75, 3.05) is 0 Å². The fourth-order valence-electron chi connectivity index (χ4n) is 3.79. The summed E-state index contributed by atoms with van der Waals surface area (Å²) in [6.45, 7) is 1.81. The highest BCUT2D eigenvalue weighted by Gasteiger charge is 2.36. The lowest BCUT2D eigenvalue weighted by Crippen LogP contribution is -2.24. The summed E-state index contributed by atoms with van der Waals surface area (Å²) in [6.07, 6.45) is 4.34. The molecule has 2 heterocycles. The number of carbonyl (C=O) groups excluding carboxylic acids is 2. The SMILES string of the molecule is CC1CC(OC(=O)c2c3c(nc4ccccc24)CCCCC3)C(=O)O1. The highest BCUT2D eigenvalue weighted by molar-refractivity contribution is 6.05. The van der Waals surface area contributed by atoms with Crippen molar-refractivity contribution in [3.63, 3.8) is 0 Å². The van der Waals surface area contributed by atoms with Crippen molar-refractivity contribution in [1.29, 1.82) is 0 Å². The van der Waals surface area contributed by atoms with Gasteiger partial charge in [0.1, 0.15) is 6.10 Å². The molecule has 0 radical (unpaired) electrons. The van der Waals surface area contributed by atoms with Crippen LogP contribution in [0.5, 0.6) is 0 Å². The molecule has 0 amide bonds. The third kappa shape index (κ3) is 2.99. The zero-order valence-electron chi connectivity index (χ0n) is 14.3. The molecule has 0 N–H and O–H groups in total. The van der Waals surface area contributed by atoms with Crippen LogP contribution in [0.25, 0.3) is 10.9 Å². The number of esters is 2. The number of pyridine rings is 1. The largest absolute Gasteiger partial charge is 0.460 e. The van der Waals surface area contributed by atoms with Gasteiger partial charge in [0.25, 0.3) is 0 Å². The maximum absolute atomic E-state index is 13.0. The molecular formula is C20H21NO4. The van der Waals surface area contributed by atoms with Gasteiger partial charge in [0.15, 0.2) is 0 Å². The summed E-state index contributed by atoms with van der Waals surface area (Å²) in [5, 5.41) is 0.799. The molecule has 130 valence electrons. The van der Waals surface area contributed by atoms with Crippen molar-refractivity contribution in [3.8, 4) is 0 Å². The molecule has 1 aromatic heterocycles. The molecule has 2 aliphatic rings. The number of para-hydroxylation sites is 1. The predicted molar refractivity (Wildman–Crippen MR) is 92.4 cm³/mol. The lowest BCUT2D eigenvalue weighted by atomic mass is 9.97. The van der Waals surface area contributed by atoms with E-state index in [0.29, 0.717) is 12.0 Å². The zero-order chi connectivity index (χ0) is 17.4. The Morgan fingerprint density at radius 2 is 2.00 bits per heavy atom.